The first-order valence-electron chi connectivity index (χ1n) is 6.02. The number of hydrogen-bond acceptors (Lipinski definition) is 6. The molecule has 118 valence electrons. The van der Waals surface area contributed by atoms with Gasteiger partial charge in [-0.05, 0) is 12.1 Å². The normalized spacial score (nSPS) is 10.1. The highest BCUT2D eigenvalue weighted by Crippen LogP contribution is 2.33. The monoisotopic (exact) mass is 337 g/mol. The number of amides is 1. The van der Waals surface area contributed by atoms with Crippen LogP contribution in [-0.4, -0.2) is 20.9 Å². The summed E-state index contributed by atoms with van der Waals surface area (Å²) in [5.74, 6) is -1.74. The van der Waals surface area contributed by atoms with Gasteiger partial charge in [0.25, 0.3) is 11.6 Å². The molecule has 0 aliphatic heterocycles. The minimum Gasteiger partial charge on any atom is -0.502 e. The molecule has 23 heavy (non-hydrogen) atoms. The van der Waals surface area contributed by atoms with E-state index in [0.717, 1.165) is 18.2 Å². The standard InChI is InChI=1S/C13H8ClN3O6/c14-7-4-10(12(18)11(5-7)17(22)23)13(19)15-8-2-1-3-9(6-8)16(20)21/h1-6,18H,(H,15,19). The Kier molecular flexibility index (Phi) is 4.42. The second-order valence-corrected chi connectivity index (χ2v) is 4.78. The highest BCUT2D eigenvalue weighted by molar-refractivity contribution is 6.31. The summed E-state index contributed by atoms with van der Waals surface area (Å²) in [7, 11) is 0. The fourth-order valence-corrected chi connectivity index (χ4v) is 2.01. The van der Waals surface area contributed by atoms with Crippen LogP contribution in [-0.2, 0) is 0 Å². The molecule has 2 rings (SSSR count). The molecule has 0 aliphatic rings. The van der Waals surface area contributed by atoms with Crippen LogP contribution < -0.4 is 5.32 Å². The fraction of sp³-hybridized carbons (Fsp3) is 0. The third kappa shape index (κ3) is 3.52. The zero-order chi connectivity index (χ0) is 17.1. The van der Waals surface area contributed by atoms with Crippen molar-refractivity contribution < 1.29 is 19.7 Å². The Morgan fingerprint density at radius 3 is 2.43 bits per heavy atom. The van der Waals surface area contributed by atoms with E-state index in [4.69, 9.17) is 11.6 Å². The molecular formula is C13H8ClN3O6. The molecule has 2 N–H and O–H groups in total. The number of nitro groups is 2. The van der Waals surface area contributed by atoms with Gasteiger partial charge in [0, 0.05) is 28.9 Å². The molecule has 1 amide bonds. The van der Waals surface area contributed by atoms with Crippen LogP contribution in [0.2, 0.25) is 5.02 Å². The van der Waals surface area contributed by atoms with Gasteiger partial charge in [0.1, 0.15) is 0 Å². The van der Waals surface area contributed by atoms with Crippen LogP contribution in [0.15, 0.2) is 36.4 Å². The lowest BCUT2D eigenvalue weighted by molar-refractivity contribution is -0.385. The van der Waals surface area contributed by atoms with E-state index in [1.54, 1.807) is 0 Å². The second-order valence-electron chi connectivity index (χ2n) is 4.34. The summed E-state index contributed by atoms with van der Waals surface area (Å²) in [6.07, 6.45) is 0. The quantitative estimate of drug-likeness (QED) is 0.649. The number of anilines is 1. The van der Waals surface area contributed by atoms with Crippen LogP contribution in [0.3, 0.4) is 0 Å². The van der Waals surface area contributed by atoms with Crippen LogP contribution in [0.4, 0.5) is 17.1 Å². The summed E-state index contributed by atoms with van der Waals surface area (Å²) in [4.78, 5) is 32.1. The number of carbonyl (C=O) groups is 1. The number of rotatable bonds is 4. The van der Waals surface area contributed by atoms with Gasteiger partial charge >= 0.3 is 5.69 Å². The molecule has 0 aliphatic carbocycles. The van der Waals surface area contributed by atoms with E-state index in [9.17, 15) is 30.1 Å². The van der Waals surface area contributed by atoms with Crippen LogP contribution in [0.5, 0.6) is 5.75 Å². The highest BCUT2D eigenvalue weighted by Gasteiger charge is 2.23. The lowest BCUT2D eigenvalue weighted by atomic mass is 10.1. The predicted molar refractivity (Wildman–Crippen MR) is 80.8 cm³/mol. The molecule has 0 atom stereocenters. The van der Waals surface area contributed by atoms with Crippen molar-refractivity contribution in [3.8, 4) is 5.75 Å². The number of nitro benzene ring substituents is 2. The molecule has 9 nitrogen and oxygen atoms in total. The maximum Gasteiger partial charge on any atom is 0.313 e. The fourth-order valence-electron chi connectivity index (χ4n) is 1.79. The van der Waals surface area contributed by atoms with Crippen molar-refractivity contribution in [1.82, 2.24) is 0 Å². The third-order valence-electron chi connectivity index (χ3n) is 2.81. The van der Waals surface area contributed by atoms with Gasteiger partial charge in [-0.1, -0.05) is 17.7 Å². The Morgan fingerprint density at radius 2 is 1.83 bits per heavy atom. The Bertz CT molecular complexity index is 823. The van der Waals surface area contributed by atoms with Crippen molar-refractivity contribution >= 4 is 34.6 Å². The lowest BCUT2D eigenvalue weighted by Gasteiger charge is -2.07. The third-order valence-corrected chi connectivity index (χ3v) is 3.03. The van der Waals surface area contributed by atoms with Gasteiger partial charge in [0.05, 0.1) is 15.4 Å². The molecule has 0 radical (unpaired) electrons. The molecule has 0 unspecified atom stereocenters. The van der Waals surface area contributed by atoms with E-state index < -0.39 is 32.8 Å². The van der Waals surface area contributed by atoms with Crippen molar-refractivity contribution in [2.24, 2.45) is 0 Å². The van der Waals surface area contributed by atoms with Crippen LogP contribution in [0.1, 0.15) is 10.4 Å². The van der Waals surface area contributed by atoms with Gasteiger partial charge in [-0.15, -0.1) is 0 Å². The second kappa shape index (κ2) is 6.28. The molecular weight excluding hydrogens is 330 g/mol. The molecule has 0 bridgehead atoms. The van der Waals surface area contributed by atoms with Crippen LogP contribution in [0.25, 0.3) is 0 Å². The minimum atomic E-state index is -0.895. The van der Waals surface area contributed by atoms with E-state index in [1.165, 1.54) is 18.2 Å². The number of hydrogen-bond donors (Lipinski definition) is 2. The number of benzene rings is 2. The highest BCUT2D eigenvalue weighted by atomic mass is 35.5. The van der Waals surface area contributed by atoms with E-state index in [2.05, 4.69) is 5.32 Å². The average molecular weight is 338 g/mol. The summed E-state index contributed by atoms with van der Waals surface area (Å²) in [6, 6.07) is 7.04. The van der Waals surface area contributed by atoms with Gasteiger partial charge in [0.2, 0.25) is 5.75 Å². The summed E-state index contributed by atoms with van der Waals surface area (Å²) < 4.78 is 0. The van der Waals surface area contributed by atoms with Crippen molar-refractivity contribution in [2.75, 3.05) is 5.32 Å². The van der Waals surface area contributed by atoms with Crippen molar-refractivity contribution in [2.45, 2.75) is 0 Å². The Hall–Kier alpha value is -3.20. The van der Waals surface area contributed by atoms with Crippen molar-refractivity contribution in [3.05, 3.63) is 67.2 Å². The number of nitrogens with zero attached hydrogens (tertiary/aromatic N) is 2. The maximum absolute atomic E-state index is 12.1. The molecule has 0 saturated heterocycles. The summed E-state index contributed by atoms with van der Waals surface area (Å²) in [6.45, 7) is 0. The number of phenols is 1. The number of carbonyl (C=O) groups excluding carboxylic acids is 1. The molecule has 0 fully saturated rings. The minimum absolute atomic E-state index is 0.0891. The maximum atomic E-state index is 12.1. The van der Waals surface area contributed by atoms with E-state index in [-0.39, 0.29) is 16.4 Å². The average Bonchev–Trinajstić information content (AvgIpc) is 2.49. The molecule has 0 aromatic heterocycles. The zero-order valence-corrected chi connectivity index (χ0v) is 12.0. The first-order chi connectivity index (χ1) is 10.8. The van der Waals surface area contributed by atoms with E-state index >= 15 is 0 Å². The number of halogens is 1. The molecule has 2 aromatic rings. The molecule has 0 spiro atoms. The van der Waals surface area contributed by atoms with Gasteiger partial charge < -0.3 is 10.4 Å². The Balaban J connectivity index is 2.36. The SMILES string of the molecule is O=C(Nc1cccc([N+](=O)[O-])c1)c1cc(Cl)cc([N+](=O)[O-])c1O. The summed E-state index contributed by atoms with van der Waals surface area (Å²) in [5.41, 5.74) is -1.30. The smallest absolute Gasteiger partial charge is 0.313 e. The first-order valence-corrected chi connectivity index (χ1v) is 6.40. The van der Waals surface area contributed by atoms with Crippen molar-refractivity contribution in [3.63, 3.8) is 0 Å². The zero-order valence-electron chi connectivity index (χ0n) is 11.2. The molecule has 0 saturated carbocycles. The summed E-state index contributed by atoms with van der Waals surface area (Å²) in [5, 5.41) is 33.5. The van der Waals surface area contributed by atoms with Gasteiger partial charge in [0.15, 0.2) is 0 Å². The summed E-state index contributed by atoms with van der Waals surface area (Å²) >= 11 is 5.70. The Labute approximate surface area is 133 Å². The first kappa shape index (κ1) is 16.2. The predicted octanol–water partition coefficient (Wildman–Crippen LogP) is 3.11. The van der Waals surface area contributed by atoms with Gasteiger partial charge in [-0.3, -0.25) is 25.0 Å². The number of non-ortho nitro benzene ring substituents is 1. The van der Waals surface area contributed by atoms with Crippen LogP contribution in [0, 0.1) is 20.2 Å². The molecule has 10 heteroatoms. The van der Waals surface area contributed by atoms with E-state index in [0.29, 0.717) is 0 Å². The number of phenolic OH excluding ortho intramolecular Hbond substituents is 1. The van der Waals surface area contributed by atoms with E-state index in [1.807, 2.05) is 0 Å². The van der Waals surface area contributed by atoms with Crippen LogP contribution >= 0.6 is 11.6 Å². The number of aromatic hydroxyl groups is 1. The van der Waals surface area contributed by atoms with Gasteiger partial charge in [-0.25, -0.2) is 0 Å². The lowest BCUT2D eigenvalue weighted by Crippen LogP contribution is -2.13. The molecule has 2 aromatic carbocycles. The Morgan fingerprint density at radius 1 is 1.13 bits per heavy atom. The number of nitrogens with one attached hydrogen (secondary N) is 1. The van der Waals surface area contributed by atoms with Gasteiger partial charge in [-0.2, -0.15) is 0 Å². The largest absolute Gasteiger partial charge is 0.502 e. The van der Waals surface area contributed by atoms with Crippen molar-refractivity contribution in [1.29, 1.82) is 0 Å². The molecule has 0 heterocycles. The topological polar surface area (TPSA) is 136 Å².